The minimum absolute atomic E-state index is 0.0331. The summed E-state index contributed by atoms with van der Waals surface area (Å²) in [6.45, 7) is 10.8. The van der Waals surface area contributed by atoms with Crippen LogP contribution in [0.2, 0.25) is 0 Å². The molecule has 0 spiro atoms. The second kappa shape index (κ2) is 17.3. The van der Waals surface area contributed by atoms with E-state index in [-0.39, 0.29) is 29.3 Å². The number of rotatable bonds is 12. The van der Waals surface area contributed by atoms with Gasteiger partial charge in [-0.15, -0.1) is 0 Å². The number of carbonyl (C=O) groups excluding carboxylic acids is 2. The number of nitrogens with one attached hydrogen (secondary N) is 1. The number of carbonyl (C=O) groups is 2. The van der Waals surface area contributed by atoms with Gasteiger partial charge >= 0.3 is 5.97 Å². The van der Waals surface area contributed by atoms with Crippen LogP contribution in [0.4, 0.5) is 5.69 Å². The van der Waals surface area contributed by atoms with Crippen LogP contribution in [0.5, 0.6) is 11.5 Å². The molecule has 3 aliphatic rings. The molecule has 1 unspecified atom stereocenters. The fourth-order valence-electron chi connectivity index (χ4n) is 8.45. The largest absolute Gasteiger partial charge is 0.459 e. The molecule has 7 heteroatoms. The predicted molar refractivity (Wildman–Crippen MR) is 214 cm³/mol. The van der Waals surface area contributed by atoms with Crippen molar-refractivity contribution in [2.24, 2.45) is 5.92 Å². The van der Waals surface area contributed by atoms with E-state index in [0.29, 0.717) is 17.9 Å². The molecule has 2 heterocycles. The lowest BCUT2D eigenvalue weighted by molar-refractivity contribution is -0.116. The van der Waals surface area contributed by atoms with Crippen LogP contribution < -0.4 is 10.1 Å². The lowest BCUT2D eigenvalue weighted by Gasteiger charge is -2.29. The van der Waals surface area contributed by atoms with Gasteiger partial charge in [-0.1, -0.05) is 114 Å². The molecule has 0 aromatic heterocycles. The van der Waals surface area contributed by atoms with Gasteiger partial charge in [0.1, 0.15) is 17.6 Å². The Labute approximate surface area is 321 Å². The van der Waals surface area contributed by atoms with Crippen LogP contribution in [0.25, 0.3) is 0 Å². The van der Waals surface area contributed by atoms with Crippen molar-refractivity contribution >= 4 is 17.6 Å². The molecule has 1 N–H and O–H groups in total. The molecule has 1 amide bonds. The normalized spacial score (nSPS) is 17.2. The van der Waals surface area contributed by atoms with Crippen LogP contribution in [-0.2, 0) is 32.6 Å². The van der Waals surface area contributed by atoms with E-state index < -0.39 is 0 Å². The lowest BCUT2D eigenvalue weighted by Crippen LogP contribution is -2.35. The van der Waals surface area contributed by atoms with Crippen molar-refractivity contribution in [2.75, 3.05) is 31.6 Å². The first kappa shape index (κ1) is 37.8. The summed E-state index contributed by atoms with van der Waals surface area (Å²) in [6, 6.07) is 30.4. The molecule has 54 heavy (non-hydrogen) atoms. The van der Waals surface area contributed by atoms with Gasteiger partial charge in [0.15, 0.2) is 0 Å². The molecule has 4 aromatic carbocycles. The maximum absolute atomic E-state index is 13.9. The van der Waals surface area contributed by atoms with Crippen molar-refractivity contribution in [1.29, 1.82) is 0 Å². The van der Waals surface area contributed by atoms with E-state index in [2.05, 4.69) is 61.3 Å². The number of fused-ring (bicyclic) bond motifs is 2. The highest BCUT2D eigenvalue weighted by atomic mass is 16.5. The first-order valence-corrected chi connectivity index (χ1v) is 20.1. The highest BCUT2D eigenvalue weighted by molar-refractivity contribution is 5.93. The molecular weight excluding hydrogens is 673 g/mol. The number of amides is 1. The molecule has 2 fully saturated rings. The number of hydrogen-bond acceptors (Lipinski definition) is 6. The number of morpholine rings is 1. The Morgan fingerprint density at radius 1 is 0.833 bits per heavy atom. The molecule has 1 atom stereocenters. The van der Waals surface area contributed by atoms with Crippen LogP contribution >= 0.6 is 0 Å². The van der Waals surface area contributed by atoms with E-state index in [1.165, 1.54) is 37.7 Å². The van der Waals surface area contributed by atoms with Gasteiger partial charge in [0, 0.05) is 48.8 Å². The van der Waals surface area contributed by atoms with Gasteiger partial charge in [0.2, 0.25) is 5.91 Å². The molecule has 1 saturated heterocycles. The highest BCUT2D eigenvalue weighted by Crippen LogP contribution is 2.45. The number of nitrogens with zero attached hydrogens (tertiary/aromatic N) is 1. The summed E-state index contributed by atoms with van der Waals surface area (Å²) >= 11 is 0. The van der Waals surface area contributed by atoms with Crippen molar-refractivity contribution in [1.82, 2.24) is 4.90 Å². The number of hydrogen-bond donors (Lipinski definition) is 1. The molecule has 7 nitrogen and oxygen atoms in total. The SMILES string of the molecule is CC(C)(C)c1ccc(CCC(CC2CCCCC2)OC(=O)c2ccc(CN3CCOCC3)cc2)cc1NC(=O)CC1c2ccccc2Oc2ccccc21. The average molecular weight is 729 g/mol. The number of anilines is 1. The molecular formula is C47H56N2O5. The summed E-state index contributed by atoms with van der Waals surface area (Å²) in [6.07, 6.45) is 8.68. The van der Waals surface area contributed by atoms with Gasteiger partial charge in [-0.05, 0) is 77.6 Å². The number of para-hydroxylation sites is 2. The molecule has 7 rings (SSSR count). The number of esters is 1. The first-order chi connectivity index (χ1) is 26.2. The third-order valence-electron chi connectivity index (χ3n) is 11.4. The summed E-state index contributed by atoms with van der Waals surface area (Å²) in [5, 5.41) is 3.33. The Hall–Kier alpha value is -4.46. The van der Waals surface area contributed by atoms with Gasteiger partial charge in [0.05, 0.1) is 18.8 Å². The molecule has 1 aliphatic carbocycles. The van der Waals surface area contributed by atoms with E-state index in [1.807, 2.05) is 60.7 Å². The molecule has 4 aromatic rings. The van der Waals surface area contributed by atoms with Crippen LogP contribution in [-0.4, -0.2) is 49.2 Å². The maximum atomic E-state index is 13.9. The third kappa shape index (κ3) is 9.60. The van der Waals surface area contributed by atoms with Gasteiger partial charge in [-0.3, -0.25) is 9.69 Å². The summed E-state index contributed by atoms with van der Waals surface area (Å²) in [7, 11) is 0. The average Bonchev–Trinajstić information content (AvgIpc) is 3.17. The third-order valence-corrected chi connectivity index (χ3v) is 11.4. The molecule has 2 aliphatic heterocycles. The Morgan fingerprint density at radius 2 is 1.48 bits per heavy atom. The van der Waals surface area contributed by atoms with Crippen molar-refractivity contribution in [3.63, 3.8) is 0 Å². The van der Waals surface area contributed by atoms with E-state index >= 15 is 0 Å². The molecule has 1 saturated carbocycles. The van der Waals surface area contributed by atoms with Crippen LogP contribution in [0.1, 0.15) is 116 Å². The summed E-state index contributed by atoms with van der Waals surface area (Å²) in [4.78, 5) is 29.9. The summed E-state index contributed by atoms with van der Waals surface area (Å²) < 4.78 is 18.0. The minimum Gasteiger partial charge on any atom is -0.459 e. The Bertz CT molecular complexity index is 1840. The minimum atomic E-state index is -0.249. The van der Waals surface area contributed by atoms with Gasteiger partial charge in [-0.25, -0.2) is 4.79 Å². The second-order valence-electron chi connectivity index (χ2n) is 16.5. The van der Waals surface area contributed by atoms with Gasteiger partial charge < -0.3 is 19.5 Å². The monoisotopic (exact) mass is 728 g/mol. The lowest BCUT2D eigenvalue weighted by atomic mass is 9.83. The predicted octanol–water partition coefficient (Wildman–Crippen LogP) is 10.2. The van der Waals surface area contributed by atoms with E-state index in [9.17, 15) is 9.59 Å². The zero-order valence-electron chi connectivity index (χ0n) is 32.3. The Kier molecular flexibility index (Phi) is 12.2. The van der Waals surface area contributed by atoms with Crippen molar-refractivity contribution < 1.29 is 23.8 Å². The van der Waals surface area contributed by atoms with Crippen molar-refractivity contribution in [2.45, 2.75) is 103 Å². The fourth-order valence-corrected chi connectivity index (χ4v) is 8.45. The maximum Gasteiger partial charge on any atom is 0.338 e. The van der Waals surface area contributed by atoms with Crippen LogP contribution in [0.15, 0.2) is 91.0 Å². The number of benzene rings is 4. The smallest absolute Gasteiger partial charge is 0.338 e. The van der Waals surface area contributed by atoms with Gasteiger partial charge in [0.25, 0.3) is 0 Å². The van der Waals surface area contributed by atoms with Crippen LogP contribution in [0, 0.1) is 5.92 Å². The van der Waals surface area contributed by atoms with E-state index in [0.717, 1.165) is 91.6 Å². The standard InChI is InChI=1S/C47H56N2O5/c1-47(2,3)41-24-20-34(30-42(41)48-45(50)31-40-38-13-7-9-15-43(38)54-44-16-10-8-14-39(40)44)19-23-37(29-33-11-5-4-6-12-33)53-46(51)36-21-17-35(18-22-36)32-49-25-27-52-28-26-49/h7-10,13-18,20-22,24,30,33,37,40H,4-6,11-12,19,23,25-29,31-32H2,1-3H3,(H,48,50). The molecule has 284 valence electrons. The number of aryl methyl sites for hydroxylation is 1. The van der Waals surface area contributed by atoms with Crippen molar-refractivity contribution in [3.05, 3.63) is 124 Å². The summed E-state index contributed by atoms with van der Waals surface area (Å²) in [5.41, 5.74) is 6.73. The second-order valence-corrected chi connectivity index (χ2v) is 16.5. The van der Waals surface area contributed by atoms with Crippen LogP contribution in [0.3, 0.4) is 0 Å². The summed E-state index contributed by atoms with van der Waals surface area (Å²) in [5.74, 6) is 1.79. The van der Waals surface area contributed by atoms with E-state index in [1.54, 1.807) is 0 Å². The zero-order chi connectivity index (χ0) is 37.5. The first-order valence-electron chi connectivity index (χ1n) is 20.1. The molecule has 0 radical (unpaired) electrons. The fraction of sp³-hybridized carbons (Fsp3) is 0.447. The quantitative estimate of drug-likeness (QED) is 0.146. The van der Waals surface area contributed by atoms with Crippen molar-refractivity contribution in [3.8, 4) is 11.5 Å². The Balaban J connectivity index is 1.04. The number of ether oxygens (including phenoxy) is 3. The van der Waals surface area contributed by atoms with Gasteiger partial charge in [-0.2, -0.15) is 0 Å². The zero-order valence-corrected chi connectivity index (χ0v) is 32.3. The molecule has 0 bridgehead atoms. The van der Waals surface area contributed by atoms with E-state index in [4.69, 9.17) is 14.2 Å². The highest BCUT2D eigenvalue weighted by Gasteiger charge is 2.30. The Morgan fingerprint density at radius 3 is 2.15 bits per heavy atom. The topological polar surface area (TPSA) is 77.1 Å².